The Hall–Kier alpha value is -1.94. The van der Waals surface area contributed by atoms with Crippen molar-refractivity contribution < 1.29 is 4.39 Å². The summed E-state index contributed by atoms with van der Waals surface area (Å²) in [6.45, 7) is 1.35. The second kappa shape index (κ2) is 6.22. The van der Waals surface area contributed by atoms with Crippen molar-refractivity contribution in [1.29, 1.82) is 0 Å². The Kier molecular flexibility index (Phi) is 4.15. The molecule has 1 saturated carbocycles. The predicted octanol–water partition coefficient (Wildman–Crippen LogP) is 3.11. The molecule has 1 fully saturated rings. The molecule has 21 heavy (non-hydrogen) atoms. The minimum absolute atomic E-state index is 0.158. The summed E-state index contributed by atoms with van der Waals surface area (Å²) in [6, 6.07) is 11.6. The normalized spacial score (nSPS) is 14.2. The molecule has 0 unspecified atom stereocenters. The van der Waals surface area contributed by atoms with Crippen LogP contribution in [0, 0.1) is 5.82 Å². The SMILES string of the molecule is CN(Cc1ccccc1F)c1ccnc(CNC2CC2)c1. The van der Waals surface area contributed by atoms with Gasteiger partial charge in [-0.05, 0) is 31.0 Å². The van der Waals surface area contributed by atoms with Crippen LogP contribution in [0.5, 0.6) is 0 Å². The van der Waals surface area contributed by atoms with Crippen LogP contribution in [0.15, 0.2) is 42.6 Å². The number of rotatable bonds is 6. The summed E-state index contributed by atoms with van der Waals surface area (Å²) in [7, 11) is 1.97. The fourth-order valence-corrected chi connectivity index (χ4v) is 2.31. The number of pyridine rings is 1. The van der Waals surface area contributed by atoms with E-state index in [0.717, 1.165) is 17.9 Å². The first-order valence-electron chi connectivity index (χ1n) is 7.35. The monoisotopic (exact) mass is 285 g/mol. The van der Waals surface area contributed by atoms with E-state index in [9.17, 15) is 4.39 Å². The number of nitrogens with zero attached hydrogens (tertiary/aromatic N) is 2. The first-order chi connectivity index (χ1) is 10.2. The highest BCUT2D eigenvalue weighted by atomic mass is 19.1. The van der Waals surface area contributed by atoms with Crippen LogP contribution >= 0.6 is 0 Å². The second-order valence-electron chi connectivity index (χ2n) is 5.61. The van der Waals surface area contributed by atoms with E-state index in [4.69, 9.17) is 0 Å². The third-order valence-corrected chi connectivity index (χ3v) is 3.76. The molecule has 0 spiro atoms. The predicted molar refractivity (Wildman–Crippen MR) is 82.6 cm³/mol. The molecule has 0 bridgehead atoms. The van der Waals surface area contributed by atoms with Gasteiger partial charge in [0.2, 0.25) is 0 Å². The van der Waals surface area contributed by atoms with Gasteiger partial charge in [-0.25, -0.2) is 4.39 Å². The van der Waals surface area contributed by atoms with E-state index in [-0.39, 0.29) is 5.82 Å². The van der Waals surface area contributed by atoms with E-state index in [1.807, 2.05) is 36.3 Å². The highest BCUT2D eigenvalue weighted by Crippen LogP contribution is 2.20. The molecule has 0 amide bonds. The lowest BCUT2D eigenvalue weighted by atomic mass is 10.2. The standard InChI is InChI=1S/C17H20FN3/c1-21(12-13-4-2-3-5-17(13)18)16-8-9-19-15(10-16)11-20-14-6-7-14/h2-5,8-10,14,20H,6-7,11-12H2,1H3. The Labute approximate surface area is 124 Å². The first kappa shape index (κ1) is 14.0. The summed E-state index contributed by atoms with van der Waals surface area (Å²) in [5.41, 5.74) is 2.79. The topological polar surface area (TPSA) is 28.2 Å². The number of anilines is 1. The first-order valence-corrected chi connectivity index (χ1v) is 7.35. The summed E-state index contributed by atoms with van der Waals surface area (Å²) in [5.74, 6) is -0.158. The minimum Gasteiger partial charge on any atom is -0.370 e. The lowest BCUT2D eigenvalue weighted by Gasteiger charge is -2.20. The number of hydrogen-bond donors (Lipinski definition) is 1. The fraction of sp³-hybridized carbons (Fsp3) is 0.353. The summed E-state index contributed by atoms with van der Waals surface area (Å²) in [4.78, 5) is 6.43. The van der Waals surface area contributed by atoms with Crippen molar-refractivity contribution in [3.05, 3.63) is 59.7 Å². The third-order valence-electron chi connectivity index (χ3n) is 3.76. The maximum absolute atomic E-state index is 13.7. The Morgan fingerprint density at radius 2 is 2.10 bits per heavy atom. The van der Waals surface area contributed by atoms with Crippen molar-refractivity contribution >= 4 is 5.69 Å². The molecule has 0 atom stereocenters. The van der Waals surface area contributed by atoms with E-state index >= 15 is 0 Å². The van der Waals surface area contributed by atoms with E-state index in [1.54, 1.807) is 6.07 Å². The summed E-state index contributed by atoms with van der Waals surface area (Å²) in [5, 5.41) is 3.46. The molecule has 1 aliphatic rings. The molecule has 1 aromatic heterocycles. The maximum atomic E-state index is 13.7. The molecule has 0 saturated heterocycles. The maximum Gasteiger partial charge on any atom is 0.128 e. The number of halogens is 1. The quantitative estimate of drug-likeness (QED) is 0.884. The lowest BCUT2D eigenvalue weighted by molar-refractivity contribution is 0.608. The number of aromatic nitrogens is 1. The van der Waals surface area contributed by atoms with Gasteiger partial charge in [0, 0.05) is 43.6 Å². The van der Waals surface area contributed by atoms with E-state index in [2.05, 4.69) is 16.4 Å². The number of hydrogen-bond acceptors (Lipinski definition) is 3. The van der Waals surface area contributed by atoms with E-state index < -0.39 is 0 Å². The average Bonchev–Trinajstić information content (AvgIpc) is 3.32. The van der Waals surface area contributed by atoms with Crippen molar-refractivity contribution in [2.24, 2.45) is 0 Å². The number of benzene rings is 1. The van der Waals surface area contributed by atoms with Crippen molar-refractivity contribution in [3.63, 3.8) is 0 Å². The zero-order valence-electron chi connectivity index (χ0n) is 12.2. The van der Waals surface area contributed by atoms with E-state index in [1.165, 1.54) is 18.9 Å². The Morgan fingerprint density at radius 3 is 2.86 bits per heavy atom. The lowest BCUT2D eigenvalue weighted by Crippen LogP contribution is -2.19. The highest BCUT2D eigenvalue weighted by Gasteiger charge is 2.20. The van der Waals surface area contributed by atoms with Crippen LogP contribution in [0.25, 0.3) is 0 Å². The van der Waals surface area contributed by atoms with Gasteiger partial charge >= 0.3 is 0 Å². The molecule has 1 N–H and O–H groups in total. The summed E-state index contributed by atoms with van der Waals surface area (Å²) in [6.07, 6.45) is 4.36. The van der Waals surface area contributed by atoms with Crippen LogP contribution < -0.4 is 10.2 Å². The molecule has 1 aliphatic carbocycles. The smallest absolute Gasteiger partial charge is 0.128 e. The van der Waals surface area contributed by atoms with Gasteiger partial charge in [0.15, 0.2) is 0 Å². The van der Waals surface area contributed by atoms with Crippen molar-refractivity contribution in [2.45, 2.75) is 32.0 Å². The van der Waals surface area contributed by atoms with Gasteiger partial charge in [-0.3, -0.25) is 4.98 Å². The van der Waals surface area contributed by atoms with Gasteiger partial charge in [0.25, 0.3) is 0 Å². The minimum atomic E-state index is -0.158. The molecule has 3 nitrogen and oxygen atoms in total. The zero-order valence-corrected chi connectivity index (χ0v) is 12.2. The molecule has 1 aromatic carbocycles. The second-order valence-corrected chi connectivity index (χ2v) is 5.61. The van der Waals surface area contributed by atoms with Gasteiger partial charge in [-0.15, -0.1) is 0 Å². The van der Waals surface area contributed by atoms with Gasteiger partial charge in [0.05, 0.1) is 5.69 Å². The molecule has 3 rings (SSSR count). The zero-order chi connectivity index (χ0) is 14.7. The number of nitrogens with one attached hydrogen (secondary N) is 1. The van der Waals surface area contributed by atoms with Gasteiger partial charge in [0.1, 0.15) is 5.82 Å². The van der Waals surface area contributed by atoms with Crippen LogP contribution in [-0.2, 0) is 13.1 Å². The van der Waals surface area contributed by atoms with Crippen LogP contribution in [0.4, 0.5) is 10.1 Å². The highest BCUT2D eigenvalue weighted by molar-refractivity contribution is 5.46. The van der Waals surface area contributed by atoms with Crippen molar-refractivity contribution in [1.82, 2.24) is 10.3 Å². The molecule has 1 heterocycles. The Morgan fingerprint density at radius 1 is 1.29 bits per heavy atom. The Bertz CT molecular complexity index is 610. The summed E-state index contributed by atoms with van der Waals surface area (Å²) >= 11 is 0. The molecule has 0 radical (unpaired) electrons. The van der Waals surface area contributed by atoms with Gasteiger partial charge < -0.3 is 10.2 Å². The molecule has 0 aliphatic heterocycles. The molecule has 4 heteroatoms. The Balaban J connectivity index is 1.67. The van der Waals surface area contributed by atoms with Crippen LogP contribution in [0.3, 0.4) is 0 Å². The summed E-state index contributed by atoms with van der Waals surface area (Å²) < 4.78 is 13.7. The van der Waals surface area contributed by atoms with E-state index in [0.29, 0.717) is 18.2 Å². The fourth-order valence-electron chi connectivity index (χ4n) is 2.31. The largest absolute Gasteiger partial charge is 0.370 e. The molecule has 110 valence electrons. The van der Waals surface area contributed by atoms with Crippen molar-refractivity contribution in [3.8, 4) is 0 Å². The van der Waals surface area contributed by atoms with Crippen molar-refractivity contribution in [2.75, 3.05) is 11.9 Å². The molecular weight excluding hydrogens is 265 g/mol. The molecular formula is C17H20FN3. The van der Waals surface area contributed by atoms with Crippen LogP contribution in [0.2, 0.25) is 0 Å². The van der Waals surface area contributed by atoms with Gasteiger partial charge in [-0.1, -0.05) is 18.2 Å². The van der Waals surface area contributed by atoms with Crippen LogP contribution in [0.1, 0.15) is 24.1 Å². The van der Waals surface area contributed by atoms with Gasteiger partial charge in [-0.2, -0.15) is 0 Å². The third kappa shape index (κ3) is 3.79. The van der Waals surface area contributed by atoms with Crippen LogP contribution in [-0.4, -0.2) is 18.1 Å². The molecule has 2 aromatic rings. The average molecular weight is 285 g/mol.